The molecule has 0 aromatic heterocycles. The fourth-order valence-electron chi connectivity index (χ4n) is 3.47. The number of anilines is 1. The number of aliphatic imine (C=N–C) groups is 1. The first-order chi connectivity index (χ1) is 17.2. The van der Waals surface area contributed by atoms with Crippen molar-refractivity contribution in [3.8, 4) is 0 Å². The van der Waals surface area contributed by atoms with Crippen molar-refractivity contribution in [1.29, 1.82) is 0 Å². The number of benzodiazepines with no additional fused rings is 1. The Kier molecular flexibility index (Phi) is 9.25. The van der Waals surface area contributed by atoms with Gasteiger partial charge in [-0.1, -0.05) is 41.4 Å². The van der Waals surface area contributed by atoms with Gasteiger partial charge in [-0.15, -0.1) is 0 Å². The minimum absolute atomic E-state index is 0.0504. The van der Waals surface area contributed by atoms with E-state index in [0.29, 0.717) is 32.6 Å². The Balaban J connectivity index is 1.99. The number of hydrogen-bond acceptors (Lipinski definition) is 7. The number of fused-ring (bicyclic) bond motifs is 1. The van der Waals surface area contributed by atoms with Crippen LogP contribution >= 0.6 is 35.4 Å². The number of nitrogens with zero attached hydrogens (tertiary/aromatic N) is 2. The Morgan fingerprint density at radius 1 is 1.08 bits per heavy atom. The molecule has 0 fully saturated rings. The van der Waals surface area contributed by atoms with Gasteiger partial charge in [0.2, 0.25) is 12.2 Å². The first kappa shape index (κ1) is 27.4. The van der Waals surface area contributed by atoms with Crippen molar-refractivity contribution < 1.29 is 23.9 Å². The van der Waals surface area contributed by atoms with Crippen molar-refractivity contribution in [3.05, 3.63) is 63.6 Å². The molecule has 0 spiro atoms. The number of benzene rings is 2. The van der Waals surface area contributed by atoms with Crippen molar-refractivity contribution in [2.45, 2.75) is 26.1 Å². The summed E-state index contributed by atoms with van der Waals surface area (Å²) < 4.78 is 9.89. The van der Waals surface area contributed by atoms with Crippen molar-refractivity contribution in [2.75, 3.05) is 25.2 Å². The molecule has 36 heavy (non-hydrogen) atoms. The van der Waals surface area contributed by atoms with E-state index in [4.69, 9.17) is 44.9 Å². The largest absolute Gasteiger partial charge is 0.464 e. The highest BCUT2D eigenvalue weighted by Crippen LogP contribution is 2.31. The maximum atomic E-state index is 13.4. The number of thiocarbonyl (C=S) groups is 1. The number of likely N-dealkylation sites (N-methyl/N-ethyl adjacent to an activating group) is 1. The predicted molar refractivity (Wildman–Crippen MR) is 142 cm³/mol. The number of ether oxygens (including phenoxy) is 2. The monoisotopic (exact) mass is 550 g/mol. The van der Waals surface area contributed by atoms with E-state index in [9.17, 15) is 14.4 Å². The Labute approximate surface area is 223 Å². The van der Waals surface area contributed by atoms with Gasteiger partial charge in [0.1, 0.15) is 0 Å². The predicted octanol–water partition coefficient (Wildman–Crippen LogP) is 3.09. The van der Waals surface area contributed by atoms with Crippen molar-refractivity contribution in [3.63, 3.8) is 0 Å². The Morgan fingerprint density at radius 2 is 1.72 bits per heavy atom. The highest BCUT2D eigenvalue weighted by Gasteiger charge is 2.34. The highest BCUT2D eigenvalue weighted by atomic mass is 35.5. The maximum absolute atomic E-state index is 13.4. The third kappa shape index (κ3) is 6.13. The molecule has 0 saturated heterocycles. The fourth-order valence-corrected chi connectivity index (χ4v) is 4.10. The molecule has 0 bridgehead atoms. The highest BCUT2D eigenvalue weighted by molar-refractivity contribution is 7.80. The van der Waals surface area contributed by atoms with Crippen molar-refractivity contribution in [1.82, 2.24) is 10.6 Å². The van der Waals surface area contributed by atoms with Crippen LogP contribution in [0.2, 0.25) is 10.0 Å². The summed E-state index contributed by atoms with van der Waals surface area (Å²) in [4.78, 5) is 44.0. The summed E-state index contributed by atoms with van der Waals surface area (Å²) in [5.74, 6) is -2.19. The van der Waals surface area contributed by atoms with Gasteiger partial charge in [-0.25, -0.2) is 14.6 Å². The quantitative estimate of drug-likeness (QED) is 0.307. The number of halogens is 2. The van der Waals surface area contributed by atoms with Gasteiger partial charge in [0, 0.05) is 28.2 Å². The summed E-state index contributed by atoms with van der Waals surface area (Å²) in [5, 5.41) is 6.04. The van der Waals surface area contributed by atoms with Gasteiger partial charge >= 0.3 is 11.9 Å². The summed E-state index contributed by atoms with van der Waals surface area (Å²) in [6.45, 7) is 3.31. The molecule has 12 heteroatoms. The van der Waals surface area contributed by atoms with E-state index in [2.05, 4.69) is 15.6 Å². The van der Waals surface area contributed by atoms with Gasteiger partial charge in [-0.3, -0.25) is 4.79 Å². The summed E-state index contributed by atoms with van der Waals surface area (Å²) in [7, 11) is 1.59. The number of hydrogen-bond donors (Lipinski definition) is 2. The second-order valence-electron chi connectivity index (χ2n) is 7.47. The minimum atomic E-state index is -1.52. The van der Waals surface area contributed by atoms with Gasteiger partial charge < -0.3 is 25.0 Å². The molecule has 2 aromatic carbocycles. The first-order valence-corrected chi connectivity index (χ1v) is 12.1. The van der Waals surface area contributed by atoms with E-state index in [1.54, 1.807) is 63.4 Å². The SMILES string of the molecule is CCOC(=O)C(NC(=S)NC1N=C(c2ccccc2Cl)c2cc(Cl)ccc2N(C)C1=O)C(=O)OCC. The molecule has 0 aliphatic carbocycles. The molecule has 2 N–H and O–H groups in total. The van der Waals surface area contributed by atoms with E-state index in [-0.39, 0.29) is 18.3 Å². The number of amides is 1. The van der Waals surface area contributed by atoms with Crippen LogP contribution in [0.3, 0.4) is 0 Å². The second kappa shape index (κ2) is 12.2. The molecule has 9 nitrogen and oxygen atoms in total. The van der Waals surface area contributed by atoms with Crippen LogP contribution in [0.1, 0.15) is 25.0 Å². The number of carbonyl (C=O) groups excluding carboxylic acids is 3. The lowest BCUT2D eigenvalue weighted by molar-refractivity contribution is -0.157. The average Bonchev–Trinajstić information content (AvgIpc) is 2.93. The summed E-state index contributed by atoms with van der Waals surface area (Å²) in [6.07, 6.45) is -1.22. The Morgan fingerprint density at radius 3 is 2.33 bits per heavy atom. The average molecular weight is 551 g/mol. The molecule has 1 aliphatic rings. The summed E-state index contributed by atoms with van der Waals surface area (Å²) in [6, 6.07) is 10.6. The van der Waals surface area contributed by atoms with Crippen LogP contribution in [0.25, 0.3) is 0 Å². The normalized spacial score (nSPS) is 14.9. The summed E-state index contributed by atoms with van der Waals surface area (Å²) >= 11 is 18.1. The van der Waals surface area contributed by atoms with Crippen LogP contribution < -0.4 is 15.5 Å². The van der Waals surface area contributed by atoms with Crippen molar-refractivity contribution >= 4 is 69.8 Å². The fraction of sp³-hybridized carbons (Fsp3) is 0.292. The molecule has 1 aliphatic heterocycles. The van der Waals surface area contributed by atoms with E-state index >= 15 is 0 Å². The van der Waals surface area contributed by atoms with E-state index in [1.807, 2.05) is 0 Å². The van der Waals surface area contributed by atoms with E-state index in [0.717, 1.165) is 0 Å². The van der Waals surface area contributed by atoms with Crippen LogP contribution in [0, 0.1) is 0 Å². The molecule has 3 rings (SSSR count). The molecule has 190 valence electrons. The summed E-state index contributed by atoms with van der Waals surface area (Å²) in [5.41, 5.74) is 2.13. The van der Waals surface area contributed by atoms with E-state index in [1.165, 1.54) is 4.90 Å². The van der Waals surface area contributed by atoms with Crippen LogP contribution in [0.15, 0.2) is 47.5 Å². The molecule has 0 radical (unpaired) electrons. The lowest BCUT2D eigenvalue weighted by atomic mass is 10.00. The van der Waals surface area contributed by atoms with Crippen LogP contribution in [-0.2, 0) is 23.9 Å². The second-order valence-corrected chi connectivity index (χ2v) is 8.73. The molecule has 1 amide bonds. The molecule has 1 atom stereocenters. The van der Waals surface area contributed by atoms with Gasteiger partial charge in [0.15, 0.2) is 5.11 Å². The number of esters is 2. The van der Waals surface area contributed by atoms with Crippen LogP contribution in [0.5, 0.6) is 0 Å². The minimum Gasteiger partial charge on any atom is -0.464 e. The Hall–Kier alpha value is -3.21. The molecular weight excluding hydrogens is 527 g/mol. The van der Waals surface area contributed by atoms with Gasteiger partial charge in [-0.05, 0) is 50.3 Å². The Bertz CT molecular complexity index is 1200. The lowest BCUT2D eigenvalue weighted by Crippen LogP contribution is -2.55. The van der Waals surface area contributed by atoms with Gasteiger partial charge in [0.25, 0.3) is 5.91 Å². The first-order valence-electron chi connectivity index (χ1n) is 11.0. The molecule has 0 saturated carbocycles. The molecule has 1 heterocycles. The van der Waals surface area contributed by atoms with Gasteiger partial charge in [0.05, 0.1) is 24.6 Å². The standard InChI is InChI=1S/C24H24Cl2N4O5S/c1-4-34-22(32)19(23(33)35-5-2)28-24(36)29-20-21(31)30(3)17-11-10-13(25)12-15(17)18(27-20)14-8-6-7-9-16(14)26/h6-12,19-20H,4-5H2,1-3H3,(H2,28,29,36). The van der Waals surface area contributed by atoms with Crippen LogP contribution in [-0.4, -0.2) is 61.1 Å². The molecule has 1 unspecified atom stereocenters. The number of carbonyl (C=O) groups is 3. The molecular formula is C24H24Cl2N4O5S. The van der Waals surface area contributed by atoms with Crippen LogP contribution in [0.4, 0.5) is 5.69 Å². The van der Waals surface area contributed by atoms with E-state index < -0.39 is 30.1 Å². The van der Waals surface area contributed by atoms with Crippen molar-refractivity contribution in [2.24, 2.45) is 4.99 Å². The smallest absolute Gasteiger partial charge is 0.340 e. The topological polar surface area (TPSA) is 109 Å². The number of nitrogens with one attached hydrogen (secondary N) is 2. The van der Waals surface area contributed by atoms with Gasteiger partial charge in [-0.2, -0.15) is 0 Å². The lowest BCUT2D eigenvalue weighted by Gasteiger charge is -2.23. The number of rotatable bonds is 7. The molecule has 2 aromatic rings. The zero-order chi connectivity index (χ0) is 26.4. The zero-order valence-corrected chi connectivity index (χ0v) is 22.0. The maximum Gasteiger partial charge on any atom is 0.340 e. The third-order valence-corrected chi connectivity index (χ3v) is 5.91. The third-order valence-electron chi connectivity index (χ3n) is 5.11. The zero-order valence-electron chi connectivity index (χ0n) is 19.7.